The van der Waals surface area contributed by atoms with Gasteiger partial charge in [-0.25, -0.2) is 0 Å². The number of amides is 1. The van der Waals surface area contributed by atoms with Crippen molar-refractivity contribution in [3.63, 3.8) is 0 Å². The Bertz CT molecular complexity index is 441. The zero-order valence-corrected chi connectivity index (χ0v) is 12.1. The molecule has 0 aliphatic rings. The average Bonchev–Trinajstić information content (AvgIpc) is 2.30. The zero-order chi connectivity index (χ0) is 13.5. The van der Waals surface area contributed by atoms with E-state index in [9.17, 15) is 4.79 Å². The molecule has 0 radical (unpaired) electrons. The van der Waals surface area contributed by atoms with Gasteiger partial charge in [-0.05, 0) is 36.1 Å². The van der Waals surface area contributed by atoms with Crippen molar-refractivity contribution in [2.45, 2.75) is 20.3 Å². The summed E-state index contributed by atoms with van der Waals surface area (Å²) in [5.41, 5.74) is 0.850. The molecule has 0 aromatic heterocycles. The third-order valence-corrected chi connectivity index (χ3v) is 3.13. The van der Waals surface area contributed by atoms with Crippen LogP contribution in [0.25, 0.3) is 6.08 Å². The topological polar surface area (TPSA) is 29.1 Å². The summed E-state index contributed by atoms with van der Waals surface area (Å²) in [6, 6.07) is 5.24. The van der Waals surface area contributed by atoms with E-state index in [1.54, 1.807) is 18.2 Å². The van der Waals surface area contributed by atoms with Crippen LogP contribution in [0.15, 0.2) is 24.3 Å². The van der Waals surface area contributed by atoms with Gasteiger partial charge in [0.2, 0.25) is 5.91 Å². The van der Waals surface area contributed by atoms with Crippen molar-refractivity contribution in [2.24, 2.45) is 5.92 Å². The minimum atomic E-state index is -0.0956. The maximum absolute atomic E-state index is 11.5. The van der Waals surface area contributed by atoms with E-state index < -0.39 is 0 Å². The molecule has 1 aromatic carbocycles. The second kappa shape index (κ2) is 7.45. The van der Waals surface area contributed by atoms with Gasteiger partial charge in [0, 0.05) is 12.6 Å². The molecule has 0 aliphatic heterocycles. The van der Waals surface area contributed by atoms with E-state index in [2.05, 4.69) is 19.2 Å². The highest BCUT2D eigenvalue weighted by molar-refractivity contribution is 6.42. The maximum atomic E-state index is 11.5. The van der Waals surface area contributed by atoms with Crippen molar-refractivity contribution in [2.75, 3.05) is 6.54 Å². The van der Waals surface area contributed by atoms with E-state index in [1.165, 1.54) is 6.08 Å². The van der Waals surface area contributed by atoms with E-state index >= 15 is 0 Å². The van der Waals surface area contributed by atoms with E-state index in [4.69, 9.17) is 23.2 Å². The fourth-order valence-corrected chi connectivity index (χ4v) is 1.64. The molecule has 0 spiro atoms. The van der Waals surface area contributed by atoms with Crippen LogP contribution in [0.4, 0.5) is 0 Å². The van der Waals surface area contributed by atoms with E-state index in [0.717, 1.165) is 12.0 Å². The molecular formula is C14H17Cl2NO. The van der Waals surface area contributed by atoms with Crippen molar-refractivity contribution in [3.8, 4) is 0 Å². The predicted molar refractivity (Wildman–Crippen MR) is 78.0 cm³/mol. The number of halogens is 2. The molecule has 2 nitrogen and oxygen atoms in total. The summed E-state index contributed by atoms with van der Waals surface area (Å²) in [6.07, 6.45) is 4.19. The van der Waals surface area contributed by atoms with Crippen molar-refractivity contribution in [3.05, 3.63) is 39.9 Å². The highest BCUT2D eigenvalue weighted by Gasteiger charge is 1.99. The van der Waals surface area contributed by atoms with Gasteiger partial charge in [-0.1, -0.05) is 43.1 Å². The lowest BCUT2D eigenvalue weighted by Gasteiger charge is -2.04. The molecule has 1 N–H and O–H groups in total. The molecule has 0 aliphatic carbocycles. The summed E-state index contributed by atoms with van der Waals surface area (Å²) in [5, 5.41) is 3.82. The van der Waals surface area contributed by atoms with E-state index in [1.807, 2.05) is 6.07 Å². The largest absolute Gasteiger partial charge is 0.353 e. The first-order valence-corrected chi connectivity index (χ1v) is 6.65. The molecule has 1 rings (SSSR count). The van der Waals surface area contributed by atoms with Gasteiger partial charge < -0.3 is 5.32 Å². The molecule has 0 heterocycles. The Hall–Kier alpha value is -0.990. The summed E-state index contributed by atoms with van der Waals surface area (Å²) in [6.45, 7) is 4.94. The molecule has 4 heteroatoms. The number of carbonyl (C=O) groups is 1. The molecule has 0 saturated carbocycles. The lowest BCUT2D eigenvalue weighted by Crippen LogP contribution is -2.23. The van der Waals surface area contributed by atoms with Crippen LogP contribution in [-0.4, -0.2) is 12.5 Å². The fourth-order valence-electron chi connectivity index (χ4n) is 1.33. The van der Waals surface area contributed by atoms with Crippen LogP contribution < -0.4 is 5.32 Å². The van der Waals surface area contributed by atoms with Crippen molar-refractivity contribution < 1.29 is 4.79 Å². The first-order valence-electron chi connectivity index (χ1n) is 5.90. The SMILES string of the molecule is CC(C)CCNC(=O)C=Cc1ccc(Cl)c(Cl)c1. The number of hydrogen-bond acceptors (Lipinski definition) is 1. The maximum Gasteiger partial charge on any atom is 0.243 e. The molecule has 0 bridgehead atoms. The zero-order valence-electron chi connectivity index (χ0n) is 10.5. The number of nitrogens with one attached hydrogen (secondary N) is 1. The number of hydrogen-bond donors (Lipinski definition) is 1. The van der Waals surface area contributed by atoms with Crippen LogP contribution in [0, 0.1) is 5.92 Å². The molecule has 1 amide bonds. The highest BCUT2D eigenvalue weighted by Crippen LogP contribution is 2.22. The Morgan fingerprint density at radius 3 is 2.67 bits per heavy atom. The van der Waals surface area contributed by atoms with Crippen molar-refractivity contribution in [1.29, 1.82) is 0 Å². The monoisotopic (exact) mass is 285 g/mol. The normalized spacial score (nSPS) is 11.2. The van der Waals surface area contributed by atoms with Gasteiger partial charge in [0.1, 0.15) is 0 Å². The number of rotatable bonds is 5. The van der Waals surface area contributed by atoms with Crippen molar-refractivity contribution in [1.82, 2.24) is 5.32 Å². The Kier molecular flexibility index (Phi) is 6.23. The first kappa shape index (κ1) is 15.1. The molecule has 0 fully saturated rings. The molecule has 18 heavy (non-hydrogen) atoms. The standard InChI is InChI=1S/C14H17Cl2NO/c1-10(2)7-8-17-14(18)6-4-11-3-5-12(15)13(16)9-11/h3-6,9-10H,7-8H2,1-2H3,(H,17,18). The average molecular weight is 286 g/mol. The summed E-state index contributed by atoms with van der Waals surface area (Å²) >= 11 is 11.7. The van der Waals surface area contributed by atoms with Crippen LogP contribution in [-0.2, 0) is 4.79 Å². The van der Waals surface area contributed by atoms with E-state index in [0.29, 0.717) is 22.5 Å². The van der Waals surface area contributed by atoms with Gasteiger partial charge in [0.25, 0.3) is 0 Å². The third kappa shape index (κ3) is 5.56. The summed E-state index contributed by atoms with van der Waals surface area (Å²) in [5.74, 6) is 0.492. The minimum Gasteiger partial charge on any atom is -0.353 e. The van der Waals surface area contributed by atoms with Crippen LogP contribution in [0.2, 0.25) is 10.0 Å². The predicted octanol–water partition coefficient (Wildman–Crippen LogP) is 4.17. The minimum absolute atomic E-state index is 0.0956. The Labute approximate surface area is 118 Å². The quantitative estimate of drug-likeness (QED) is 0.809. The van der Waals surface area contributed by atoms with Gasteiger partial charge in [-0.2, -0.15) is 0 Å². The molecule has 0 saturated heterocycles. The molecule has 0 unspecified atom stereocenters. The first-order chi connectivity index (χ1) is 8.49. The highest BCUT2D eigenvalue weighted by atomic mass is 35.5. The van der Waals surface area contributed by atoms with Crippen LogP contribution in [0.5, 0.6) is 0 Å². The Morgan fingerprint density at radius 2 is 2.06 bits per heavy atom. The molecule has 98 valence electrons. The summed E-state index contributed by atoms with van der Waals surface area (Å²) in [4.78, 5) is 11.5. The number of benzene rings is 1. The fraction of sp³-hybridized carbons (Fsp3) is 0.357. The summed E-state index contributed by atoms with van der Waals surface area (Å²) < 4.78 is 0. The van der Waals surface area contributed by atoms with Gasteiger partial charge in [0.15, 0.2) is 0 Å². The van der Waals surface area contributed by atoms with Crippen LogP contribution >= 0.6 is 23.2 Å². The van der Waals surface area contributed by atoms with Crippen molar-refractivity contribution >= 4 is 35.2 Å². The summed E-state index contributed by atoms with van der Waals surface area (Å²) in [7, 11) is 0. The Balaban J connectivity index is 2.48. The molecule has 1 aromatic rings. The lowest BCUT2D eigenvalue weighted by molar-refractivity contribution is -0.116. The second-order valence-electron chi connectivity index (χ2n) is 4.48. The second-order valence-corrected chi connectivity index (χ2v) is 5.29. The van der Waals surface area contributed by atoms with Gasteiger partial charge in [-0.15, -0.1) is 0 Å². The molecular weight excluding hydrogens is 269 g/mol. The van der Waals surface area contributed by atoms with Gasteiger partial charge >= 0.3 is 0 Å². The van der Waals surface area contributed by atoms with Crippen LogP contribution in [0.3, 0.4) is 0 Å². The van der Waals surface area contributed by atoms with Crippen LogP contribution in [0.1, 0.15) is 25.8 Å². The smallest absolute Gasteiger partial charge is 0.243 e. The number of carbonyl (C=O) groups excluding carboxylic acids is 1. The molecule has 0 atom stereocenters. The van der Waals surface area contributed by atoms with Gasteiger partial charge in [-0.3, -0.25) is 4.79 Å². The lowest BCUT2D eigenvalue weighted by atomic mass is 10.1. The van der Waals surface area contributed by atoms with Gasteiger partial charge in [0.05, 0.1) is 10.0 Å². The third-order valence-electron chi connectivity index (χ3n) is 2.39. The Morgan fingerprint density at radius 1 is 1.33 bits per heavy atom. The van der Waals surface area contributed by atoms with E-state index in [-0.39, 0.29) is 5.91 Å².